The molecule has 0 bridgehead atoms. The van der Waals surface area contributed by atoms with Gasteiger partial charge in [-0.3, -0.25) is 10.2 Å². The van der Waals surface area contributed by atoms with Crippen LogP contribution in [0.5, 0.6) is 0 Å². The van der Waals surface area contributed by atoms with Crippen LogP contribution in [0.25, 0.3) is 0 Å². The van der Waals surface area contributed by atoms with Gasteiger partial charge in [0, 0.05) is 19.2 Å². The molecule has 0 spiro atoms. The number of amides is 1. The Morgan fingerprint density at radius 2 is 2.08 bits per heavy atom. The second-order valence-corrected chi connectivity index (χ2v) is 2.15. The van der Waals surface area contributed by atoms with Crippen molar-refractivity contribution >= 4 is 5.91 Å². The summed E-state index contributed by atoms with van der Waals surface area (Å²) in [5.74, 6) is -0.266. The Morgan fingerprint density at radius 1 is 1.50 bits per heavy atom. The Hall–Kier alpha value is -1.62. The van der Waals surface area contributed by atoms with Gasteiger partial charge in [-0.05, 0) is 0 Å². The first-order valence-electron chi connectivity index (χ1n) is 3.40. The normalized spacial score (nSPS) is 9.42. The number of hydrogen-bond acceptors (Lipinski definition) is 3. The van der Waals surface area contributed by atoms with Crippen molar-refractivity contribution < 1.29 is 9.52 Å². The van der Waals surface area contributed by atoms with Gasteiger partial charge in [0.1, 0.15) is 0 Å². The van der Waals surface area contributed by atoms with E-state index in [0.717, 1.165) is 0 Å². The summed E-state index contributed by atoms with van der Waals surface area (Å²) in [7, 11) is 1.59. The van der Waals surface area contributed by atoms with E-state index in [0.29, 0.717) is 10.3 Å². The second-order valence-electron chi connectivity index (χ2n) is 2.15. The topological polar surface area (TPSA) is 68.1 Å². The zero-order valence-electron chi connectivity index (χ0n) is 6.57. The van der Waals surface area contributed by atoms with E-state index in [1.54, 1.807) is 7.05 Å². The van der Waals surface area contributed by atoms with Crippen LogP contribution in [0.3, 0.4) is 0 Å². The molecule has 64 valence electrons. The summed E-state index contributed by atoms with van der Waals surface area (Å²) < 4.78 is 0.621. The molecule has 1 aromatic rings. The summed E-state index contributed by atoms with van der Waals surface area (Å²) in [4.78, 5) is 11.1. The summed E-state index contributed by atoms with van der Waals surface area (Å²) >= 11 is 0. The van der Waals surface area contributed by atoms with Crippen LogP contribution in [0.1, 0.15) is 10.4 Å². The van der Waals surface area contributed by atoms with E-state index in [1.165, 1.54) is 24.5 Å². The number of aromatic nitrogens is 1. The number of hydrogen-bond donors (Lipinski definition) is 2. The van der Waals surface area contributed by atoms with Crippen LogP contribution in [0.2, 0.25) is 0 Å². The fraction of sp³-hybridized carbons (Fsp3) is 0.143. The molecule has 0 atom stereocenters. The monoisotopic (exact) mass is 167 g/mol. The van der Waals surface area contributed by atoms with E-state index in [4.69, 9.17) is 0 Å². The molecule has 1 heterocycles. The molecule has 0 saturated carbocycles. The Morgan fingerprint density at radius 3 is 2.58 bits per heavy atom. The highest BCUT2D eigenvalue weighted by atomic mass is 16.5. The van der Waals surface area contributed by atoms with Crippen molar-refractivity contribution in [1.82, 2.24) is 10.9 Å². The zero-order chi connectivity index (χ0) is 8.97. The van der Waals surface area contributed by atoms with Crippen molar-refractivity contribution in [3.05, 3.63) is 35.3 Å². The lowest BCUT2D eigenvalue weighted by atomic mass is 10.3. The highest BCUT2D eigenvalue weighted by Crippen LogP contribution is 1.92. The van der Waals surface area contributed by atoms with Crippen LogP contribution < -0.4 is 15.6 Å². The van der Waals surface area contributed by atoms with Gasteiger partial charge in [0.05, 0.1) is 5.56 Å². The lowest BCUT2D eigenvalue weighted by molar-refractivity contribution is -0.605. The molecule has 0 fully saturated rings. The summed E-state index contributed by atoms with van der Waals surface area (Å²) in [6, 6.07) is 2.89. The van der Waals surface area contributed by atoms with Crippen molar-refractivity contribution in [3.63, 3.8) is 0 Å². The third kappa shape index (κ3) is 1.93. The largest absolute Gasteiger partial charge is 0.619 e. The van der Waals surface area contributed by atoms with E-state index < -0.39 is 0 Å². The van der Waals surface area contributed by atoms with Gasteiger partial charge in [-0.15, -0.1) is 0 Å². The standard InChI is InChI=1S/C7H9N3O2/c1-8-9-7(11)6-2-4-10(12)5-3-6/h2-5,8H,1H3,(H,9,11). The van der Waals surface area contributed by atoms with Crippen LogP contribution >= 0.6 is 0 Å². The number of pyridine rings is 1. The van der Waals surface area contributed by atoms with Crippen LogP contribution in [0, 0.1) is 5.21 Å². The Bertz CT molecular complexity index is 270. The minimum atomic E-state index is -0.266. The summed E-state index contributed by atoms with van der Waals surface area (Å²) in [5, 5.41) is 10.6. The average Bonchev–Trinajstić information content (AvgIpc) is 2.06. The van der Waals surface area contributed by atoms with Crippen molar-refractivity contribution in [2.45, 2.75) is 0 Å². The number of hydrazine groups is 1. The maximum absolute atomic E-state index is 11.1. The molecule has 12 heavy (non-hydrogen) atoms. The maximum Gasteiger partial charge on any atom is 0.265 e. The van der Waals surface area contributed by atoms with E-state index in [9.17, 15) is 10.0 Å². The van der Waals surface area contributed by atoms with Gasteiger partial charge in [-0.2, -0.15) is 4.73 Å². The fourth-order valence-electron chi connectivity index (χ4n) is 0.750. The van der Waals surface area contributed by atoms with Crippen LogP contribution in [0.4, 0.5) is 0 Å². The van der Waals surface area contributed by atoms with Crippen molar-refractivity contribution in [1.29, 1.82) is 0 Å². The first-order chi connectivity index (χ1) is 5.74. The molecule has 1 aromatic heterocycles. The lowest BCUT2D eigenvalue weighted by Gasteiger charge is -2.01. The average molecular weight is 167 g/mol. The second kappa shape index (κ2) is 3.68. The Balaban J connectivity index is 2.75. The molecule has 1 rings (SSSR count). The quantitative estimate of drug-likeness (QED) is 0.343. The first kappa shape index (κ1) is 8.48. The molecule has 1 amide bonds. The SMILES string of the molecule is CNNC(=O)c1cc[n+]([O-])cc1. The van der Waals surface area contributed by atoms with E-state index >= 15 is 0 Å². The molecule has 2 N–H and O–H groups in total. The molecule has 5 nitrogen and oxygen atoms in total. The van der Waals surface area contributed by atoms with Gasteiger partial charge >= 0.3 is 0 Å². The minimum Gasteiger partial charge on any atom is -0.619 e. The number of rotatable bonds is 2. The van der Waals surface area contributed by atoms with Crippen molar-refractivity contribution in [2.75, 3.05) is 7.05 Å². The zero-order valence-corrected chi connectivity index (χ0v) is 6.57. The van der Waals surface area contributed by atoms with E-state index in [-0.39, 0.29) is 5.91 Å². The predicted octanol–water partition coefficient (Wildman–Crippen LogP) is -0.816. The maximum atomic E-state index is 11.1. The molecule has 0 saturated heterocycles. The molecule has 5 heteroatoms. The van der Waals surface area contributed by atoms with Gasteiger partial charge in [-0.25, -0.2) is 5.43 Å². The predicted molar refractivity (Wildman–Crippen MR) is 41.9 cm³/mol. The smallest absolute Gasteiger partial charge is 0.265 e. The molecule has 0 unspecified atom stereocenters. The third-order valence-corrected chi connectivity index (χ3v) is 1.30. The highest BCUT2D eigenvalue weighted by molar-refractivity contribution is 5.93. The molecule has 0 aliphatic carbocycles. The van der Waals surface area contributed by atoms with Crippen LogP contribution in [-0.2, 0) is 0 Å². The van der Waals surface area contributed by atoms with E-state index in [1.807, 2.05) is 0 Å². The van der Waals surface area contributed by atoms with Gasteiger partial charge < -0.3 is 5.21 Å². The molecule has 0 aliphatic rings. The van der Waals surface area contributed by atoms with Crippen molar-refractivity contribution in [3.8, 4) is 0 Å². The van der Waals surface area contributed by atoms with Crippen LogP contribution in [0.15, 0.2) is 24.5 Å². The number of nitrogens with one attached hydrogen (secondary N) is 2. The van der Waals surface area contributed by atoms with Gasteiger partial charge in [0.25, 0.3) is 5.91 Å². The summed E-state index contributed by atoms with van der Waals surface area (Å²) in [5.41, 5.74) is 5.32. The molecule has 0 aliphatic heterocycles. The fourth-order valence-corrected chi connectivity index (χ4v) is 0.750. The third-order valence-electron chi connectivity index (χ3n) is 1.30. The van der Waals surface area contributed by atoms with Crippen molar-refractivity contribution in [2.24, 2.45) is 0 Å². The molecule has 0 aromatic carbocycles. The van der Waals surface area contributed by atoms with Gasteiger partial charge in [0.15, 0.2) is 12.4 Å². The lowest BCUT2D eigenvalue weighted by Crippen LogP contribution is -2.35. The van der Waals surface area contributed by atoms with E-state index in [2.05, 4.69) is 10.9 Å². The summed E-state index contributed by atoms with van der Waals surface area (Å²) in [6.07, 6.45) is 2.54. The summed E-state index contributed by atoms with van der Waals surface area (Å²) in [6.45, 7) is 0. The van der Waals surface area contributed by atoms with Gasteiger partial charge in [0.2, 0.25) is 0 Å². The molecular formula is C7H9N3O2. The first-order valence-corrected chi connectivity index (χ1v) is 3.40. The van der Waals surface area contributed by atoms with Gasteiger partial charge in [-0.1, -0.05) is 0 Å². The molecule has 0 radical (unpaired) electrons. The minimum absolute atomic E-state index is 0.266. The number of carbonyl (C=O) groups is 1. The Labute approximate surface area is 69.6 Å². The number of nitrogens with zero attached hydrogens (tertiary/aromatic N) is 1. The number of carbonyl (C=O) groups excluding carboxylic acids is 1. The molecular weight excluding hydrogens is 158 g/mol. The highest BCUT2D eigenvalue weighted by Gasteiger charge is 2.03. The van der Waals surface area contributed by atoms with Crippen LogP contribution in [-0.4, -0.2) is 13.0 Å². The Kier molecular flexibility index (Phi) is 2.60.